The molecule has 0 spiro atoms. The molecule has 0 amide bonds. The molecule has 0 aliphatic heterocycles. The predicted molar refractivity (Wildman–Crippen MR) is 46.5 cm³/mol. The molecule has 0 unspecified atom stereocenters. The Morgan fingerprint density at radius 1 is 1.29 bits per heavy atom. The van der Waals surface area contributed by atoms with Gasteiger partial charge in [0.25, 0.3) is 0 Å². The number of aromatic nitrogens is 2. The van der Waals surface area contributed by atoms with Crippen LogP contribution in [0.5, 0.6) is 0 Å². The second-order valence-electron chi connectivity index (χ2n) is 2.80. The van der Waals surface area contributed by atoms with Gasteiger partial charge in [0.2, 0.25) is 0 Å². The van der Waals surface area contributed by atoms with Gasteiger partial charge in [0.05, 0.1) is 0 Å². The van der Waals surface area contributed by atoms with Gasteiger partial charge < -0.3 is 0 Å². The monoisotopic (exact) mass is 260 g/mol. The van der Waals surface area contributed by atoms with E-state index < -0.39 is 11.7 Å². The van der Waals surface area contributed by atoms with Crippen LogP contribution >= 0.6 is 0 Å². The number of hydrogen-bond acceptors (Lipinski definition) is 1. The van der Waals surface area contributed by atoms with E-state index in [0.29, 0.717) is 15.4 Å². The van der Waals surface area contributed by atoms with E-state index in [1.54, 1.807) is 0 Å². The van der Waals surface area contributed by atoms with Crippen LogP contribution in [0.2, 0.25) is 0 Å². The van der Waals surface area contributed by atoms with Gasteiger partial charge >= 0.3 is 85.5 Å². The first kappa shape index (κ1) is 9.59. The summed E-state index contributed by atoms with van der Waals surface area (Å²) in [5, 5.41) is 6.93. The summed E-state index contributed by atoms with van der Waals surface area (Å²) in [6.45, 7) is 0. The van der Waals surface area contributed by atoms with Gasteiger partial charge in [0, 0.05) is 0 Å². The molecule has 6 heteroatoms. The average molecular weight is 260 g/mol. The van der Waals surface area contributed by atoms with Gasteiger partial charge in [-0.05, 0) is 0 Å². The van der Waals surface area contributed by atoms with Crippen LogP contribution < -0.4 is 4.48 Å². The molecule has 0 atom stereocenters. The van der Waals surface area contributed by atoms with E-state index in [9.17, 15) is 13.2 Å². The molecular weight excluding hydrogens is 256 g/mol. The molecule has 0 fully saturated rings. The number of alkyl halides is 3. The molecule has 2 nitrogen and oxygen atoms in total. The van der Waals surface area contributed by atoms with Crippen LogP contribution in [-0.2, 0) is 6.18 Å². The molecular formula is C8H4AsF3N2. The number of rotatable bonds is 0. The van der Waals surface area contributed by atoms with Crippen molar-refractivity contribution < 1.29 is 13.2 Å². The Morgan fingerprint density at radius 2 is 2.00 bits per heavy atom. The molecule has 0 aliphatic carbocycles. The summed E-state index contributed by atoms with van der Waals surface area (Å²) in [6, 6.07) is 3.47. The van der Waals surface area contributed by atoms with E-state index >= 15 is 0 Å². The number of halogens is 3. The summed E-state index contributed by atoms with van der Waals surface area (Å²) in [5.74, 6) is 0. The van der Waals surface area contributed by atoms with E-state index in [1.807, 2.05) is 0 Å². The third kappa shape index (κ3) is 1.52. The van der Waals surface area contributed by atoms with Crippen molar-refractivity contribution in [3.63, 3.8) is 0 Å². The Kier molecular flexibility index (Phi) is 2.07. The van der Waals surface area contributed by atoms with Gasteiger partial charge in [-0.25, -0.2) is 0 Å². The first-order valence-corrected chi connectivity index (χ1v) is 4.66. The van der Waals surface area contributed by atoms with Crippen LogP contribution in [0.3, 0.4) is 0 Å². The molecule has 72 valence electrons. The summed E-state index contributed by atoms with van der Waals surface area (Å²) < 4.78 is 37.5. The zero-order valence-corrected chi connectivity index (χ0v) is 8.64. The second-order valence-corrected chi connectivity index (χ2v) is 3.74. The molecule has 1 heterocycles. The fourth-order valence-corrected chi connectivity index (χ4v) is 1.65. The van der Waals surface area contributed by atoms with Crippen molar-refractivity contribution in [1.29, 1.82) is 0 Å². The summed E-state index contributed by atoms with van der Waals surface area (Å²) in [5.41, 5.74) is -0.118. The van der Waals surface area contributed by atoms with E-state index in [2.05, 4.69) is 27.1 Å². The van der Waals surface area contributed by atoms with Crippen molar-refractivity contribution in [2.24, 2.45) is 0 Å². The van der Waals surface area contributed by atoms with Crippen molar-refractivity contribution in [2.75, 3.05) is 0 Å². The molecule has 0 bridgehead atoms. The van der Waals surface area contributed by atoms with Crippen molar-refractivity contribution in [3.8, 4) is 0 Å². The van der Waals surface area contributed by atoms with E-state index in [4.69, 9.17) is 0 Å². The standard InChI is InChI=1S/C8H4AsF3N2/c9-7-5-3-4(8(10,11)12)1-2-6(5)13-14-7/h1-3H,(H,13,14). The molecule has 2 radical (unpaired) electrons. The normalized spacial score (nSPS) is 12.3. The maximum atomic E-state index is 12.3. The molecule has 14 heavy (non-hydrogen) atoms. The number of hydrogen-bond donors (Lipinski definition) is 1. The molecule has 0 saturated carbocycles. The van der Waals surface area contributed by atoms with Crippen molar-refractivity contribution in [2.45, 2.75) is 6.18 Å². The molecule has 0 aliphatic rings. The van der Waals surface area contributed by atoms with Gasteiger partial charge in [-0.1, -0.05) is 0 Å². The topological polar surface area (TPSA) is 28.7 Å². The quantitative estimate of drug-likeness (QED) is 0.712. The number of aromatic amines is 1. The fraction of sp³-hybridized carbons (Fsp3) is 0.125. The Bertz CT molecular complexity index is 475. The second kappa shape index (κ2) is 3.02. The summed E-state index contributed by atoms with van der Waals surface area (Å²) in [4.78, 5) is 0. The molecule has 1 aromatic carbocycles. The first-order chi connectivity index (χ1) is 6.48. The molecule has 1 aromatic heterocycles. The van der Waals surface area contributed by atoms with Crippen molar-refractivity contribution in [3.05, 3.63) is 23.8 Å². The Morgan fingerprint density at radius 3 is 2.64 bits per heavy atom. The number of fused-ring (bicyclic) bond motifs is 1. The Balaban J connectivity index is 2.66. The Hall–Kier alpha value is -0.962. The van der Waals surface area contributed by atoms with E-state index in [-0.39, 0.29) is 0 Å². The third-order valence-corrected chi connectivity index (χ3v) is 2.58. The van der Waals surface area contributed by atoms with E-state index in [1.165, 1.54) is 6.07 Å². The minimum atomic E-state index is -4.30. The molecule has 2 aromatic rings. The van der Waals surface area contributed by atoms with Crippen LogP contribution in [0, 0.1) is 0 Å². The van der Waals surface area contributed by atoms with Crippen LogP contribution in [0.1, 0.15) is 5.56 Å². The fourth-order valence-electron chi connectivity index (χ4n) is 1.17. The van der Waals surface area contributed by atoms with Gasteiger partial charge in [-0.15, -0.1) is 0 Å². The minimum absolute atomic E-state index is 0.486. The zero-order valence-electron chi connectivity index (χ0n) is 6.76. The number of nitrogens with zero attached hydrogens (tertiary/aromatic N) is 1. The van der Waals surface area contributed by atoms with Gasteiger partial charge in [0.15, 0.2) is 0 Å². The maximum absolute atomic E-state index is 12.3. The molecule has 2 rings (SSSR count). The third-order valence-electron chi connectivity index (χ3n) is 1.86. The average Bonchev–Trinajstić information content (AvgIpc) is 2.46. The van der Waals surface area contributed by atoms with E-state index in [0.717, 1.165) is 12.1 Å². The Labute approximate surface area is 86.0 Å². The van der Waals surface area contributed by atoms with Crippen molar-refractivity contribution in [1.82, 2.24) is 10.2 Å². The number of nitrogens with one attached hydrogen (secondary N) is 1. The first-order valence-electron chi connectivity index (χ1n) is 3.73. The number of H-pyrrole nitrogens is 1. The van der Waals surface area contributed by atoms with Gasteiger partial charge in [-0.3, -0.25) is 0 Å². The van der Waals surface area contributed by atoms with Crippen LogP contribution in [0.15, 0.2) is 18.2 Å². The summed E-state index contributed by atoms with van der Waals surface area (Å²) >= 11 is 2.15. The summed E-state index contributed by atoms with van der Waals surface area (Å²) in [7, 11) is 0. The van der Waals surface area contributed by atoms with Gasteiger partial charge in [0.1, 0.15) is 0 Å². The number of benzene rings is 1. The zero-order chi connectivity index (χ0) is 10.3. The molecule has 0 saturated heterocycles. The van der Waals surface area contributed by atoms with Crippen molar-refractivity contribution >= 4 is 32.2 Å². The SMILES string of the molecule is FC(F)(F)c1ccc2n[nH]c([As])c2c1. The van der Waals surface area contributed by atoms with Crippen LogP contribution in [0.25, 0.3) is 10.9 Å². The van der Waals surface area contributed by atoms with Crippen LogP contribution in [0.4, 0.5) is 13.2 Å². The predicted octanol–water partition coefficient (Wildman–Crippen LogP) is 1.38. The molecule has 1 N–H and O–H groups in total. The van der Waals surface area contributed by atoms with Crippen LogP contribution in [-0.4, -0.2) is 27.1 Å². The van der Waals surface area contributed by atoms with Gasteiger partial charge in [-0.2, -0.15) is 0 Å². The summed E-state index contributed by atoms with van der Waals surface area (Å²) in [6.07, 6.45) is -4.30.